The highest BCUT2D eigenvalue weighted by atomic mass is 19.1. The fraction of sp³-hybridized carbons (Fsp3) is 0.158. The Labute approximate surface area is 153 Å². The summed E-state index contributed by atoms with van der Waals surface area (Å²) in [5.41, 5.74) is 2.50. The van der Waals surface area contributed by atoms with Crippen LogP contribution in [0.1, 0.15) is 18.5 Å². The Morgan fingerprint density at radius 1 is 1.19 bits per heavy atom. The zero-order valence-electron chi connectivity index (χ0n) is 14.4. The monoisotopic (exact) mass is 365 g/mol. The molecule has 2 aromatic carbocycles. The molecule has 7 nitrogen and oxygen atoms in total. The second-order valence-electron chi connectivity index (χ2n) is 6.37. The number of hydrogen-bond donors (Lipinski definition) is 3. The SMILES string of the molecule is CC1=NC(=O)N[C@@H](c2ccc(F)cc2)C1C(=O)Nc1ccc2[nH]ncc2c1. The van der Waals surface area contributed by atoms with E-state index in [0.29, 0.717) is 17.0 Å². The number of urea groups is 1. The quantitative estimate of drug-likeness (QED) is 0.665. The van der Waals surface area contributed by atoms with Crippen molar-refractivity contribution in [2.75, 3.05) is 5.32 Å². The minimum Gasteiger partial charge on any atom is -0.328 e. The molecule has 3 aromatic rings. The third-order valence-corrected chi connectivity index (χ3v) is 4.56. The van der Waals surface area contributed by atoms with E-state index in [2.05, 4.69) is 25.8 Å². The Morgan fingerprint density at radius 2 is 1.96 bits per heavy atom. The van der Waals surface area contributed by atoms with Crippen LogP contribution in [0.4, 0.5) is 14.9 Å². The number of hydrogen-bond acceptors (Lipinski definition) is 3. The van der Waals surface area contributed by atoms with Crippen molar-refractivity contribution in [3.63, 3.8) is 0 Å². The Hall–Kier alpha value is -3.55. The summed E-state index contributed by atoms with van der Waals surface area (Å²) in [6.45, 7) is 1.64. The fourth-order valence-electron chi connectivity index (χ4n) is 3.25. The highest BCUT2D eigenvalue weighted by molar-refractivity contribution is 6.13. The van der Waals surface area contributed by atoms with E-state index in [9.17, 15) is 14.0 Å². The number of aromatic amines is 1. The van der Waals surface area contributed by atoms with Crippen LogP contribution in [0, 0.1) is 11.7 Å². The molecule has 3 amide bonds. The number of carbonyl (C=O) groups excluding carboxylic acids is 2. The second kappa shape index (κ2) is 6.64. The molecule has 27 heavy (non-hydrogen) atoms. The summed E-state index contributed by atoms with van der Waals surface area (Å²) < 4.78 is 13.3. The molecular weight excluding hydrogens is 349 g/mol. The second-order valence-corrected chi connectivity index (χ2v) is 6.37. The maximum Gasteiger partial charge on any atom is 0.341 e. The Morgan fingerprint density at radius 3 is 2.74 bits per heavy atom. The molecule has 4 rings (SSSR count). The molecule has 0 fully saturated rings. The van der Waals surface area contributed by atoms with E-state index in [1.54, 1.807) is 37.4 Å². The molecule has 0 radical (unpaired) electrons. The highest BCUT2D eigenvalue weighted by Crippen LogP contribution is 2.28. The van der Waals surface area contributed by atoms with E-state index in [4.69, 9.17) is 0 Å². The smallest absolute Gasteiger partial charge is 0.328 e. The van der Waals surface area contributed by atoms with E-state index in [1.165, 1.54) is 12.1 Å². The average molecular weight is 365 g/mol. The van der Waals surface area contributed by atoms with Gasteiger partial charge in [-0.1, -0.05) is 12.1 Å². The van der Waals surface area contributed by atoms with Crippen LogP contribution in [0.25, 0.3) is 10.9 Å². The Balaban J connectivity index is 1.64. The van der Waals surface area contributed by atoms with Crippen LogP contribution in [0.3, 0.4) is 0 Å². The van der Waals surface area contributed by atoms with Crippen molar-refractivity contribution in [2.24, 2.45) is 10.9 Å². The first kappa shape index (κ1) is 16.9. The van der Waals surface area contributed by atoms with Crippen molar-refractivity contribution in [1.82, 2.24) is 15.5 Å². The van der Waals surface area contributed by atoms with E-state index in [-0.39, 0.29) is 11.7 Å². The minimum absolute atomic E-state index is 0.312. The largest absolute Gasteiger partial charge is 0.341 e. The lowest BCUT2D eigenvalue weighted by Crippen LogP contribution is -2.45. The van der Waals surface area contributed by atoms with E-state index in [1.807, 2.05) is 6.07 Å². The number of aromatic nitrogens is 2. The third-order valence-electron chi connectivity index (χ3n) is 4.56. The normalized spacial score (nSPS) is 19.5. The molecule has 0 spiro atoms. The number of nitrogens with one attached hydrogen (secondary N) is 3. The van der Waals surface area contributed by atoms with Crippen LogP contribution in [-0.4, -0.2) is 27.8 Å². The standard InChI is InChI=1S/C19H16FN5O2/c1-10-16(17(24-19(27)22-10)11-2-4-13(20)5-3-11)18(26)23-14-6-7-15-12(8-14)9-21-25-15/h2-9,16-17H,1H3,(H,21,25)(H,23,26)(H,24,27)/t16?,17-/m0/s1. The van der Waals surface area contributed by atoms with Gasteiger partial charge < -0.3 is 10.6 Å². The lowest BCUT2D eigenvalue weighted by molar-refractivity contribution is -0.118. The van der Waals surface area contributed by atoms with Gasteiger partial charge in [0.1, 0.15) is 11.7 Å². The Kier molecular flexibility index (Phi) is 4.15. The number of nitrogens with zero attached hydrogens (tertiary/aromatic N) is 2. The summed E-state index contributed by atoms with van der Waals surface area (Å²) in [5, 5.41) is 13.2. The number of amides is 3. The number of anilines is 1. The summed E-state index contributed by atoms with van der Waals surface area (Å²) in [7, 11) is 0. The number of rotatable bonds is 3. The molecular formula is C19H16FN5O2. The van der Waals surface area contributed by atoms with Crippen molar-refractivity contribution >= 4 is 34.2 Å². The van der Waals surface area contributed by atoms with Gasteiger partial charge in [-0.25, -0.2) is 14.2 Å². The van der Waals surface area contributed by atoms with Gasteiger partial charge >= 0.3 is 6.03 Å². The summed E-state index contributed by atoms with van der Waals surface area (Å²) >= 11 is 0. The number of aliphatic imine (C=N–C) groups is 1. The molecule has 0 saturated carbocycles. The molecule has 1 unspecified atom stereocenters. The first-order chi connectivity index (χ1) is 13.0. The maximum absolute atomic E-state index is 13.3. The first-order valence-electron chi connectivity index (χ1n) is 8.36. The lowest BCUT2D eigenvalue weighted by Gasteiger charge is -2.30. The minimum atomic E-state index is -0.715. The first-order valence-corrected chi connectivity index (χ1v) is 8.36. The third kappa shape index (κ3) is 3.29. The molecule has 1 aliphatic heterocycles. The van der Waals surface area contributed by atoms with Gasteiger partial charge in [0.2, 0.25) is 5.91 Å². The van der Waals surface area contributed by atoms with E-state index in [0.717, 1.165) is 10.9 Å². The number of halogens is 1. The molecule has 2 heterocycles. The van der Waals surface area contributed by atoms with Gasteiger partial charge in [0.05, 0.1) is 17.8 Å². The lowest BCUT2D eigenvalue weighted by atomic mass is 9.87. The van der Waals surface area contributed by atoms with E-state index < -0.39 is 18.0 Å². The Bertz CT molecular complexity index is 1060. The van der Waals surface area contributed by atoms with Gasteiger partial charge in [0.25, 0.3) is 0 Å². The molecule has 8 heteroatoms. The van der Waals surface area contributed by atoms with Gasteiger partial charge in [0.15, 0.2) is 0 Å². The molecule has 0 bridgehead atoms. The van der Waals surface area contributed by atoms with Crippen molar-refractivity contribution in [3.8, 4) is 0 Å². The number of benzene rings is 2. The molecule has 1 aliphatic rings. The maximum atomic E-state index is 13.3. The molecule has 136 valence electrons. The van der Waals surface area contributed by atoms with Crippen molar-refractivity contribution in [3.05, 3.63) is 60.0 Å². The van der Waals surface area contributed by atoms with Gasteiger partial charge in [-0.2, -0.15) is 5.10 Å². The summed E-state index contributed by atoms with van der Waals surface area (Å²) in [4.78, 5) is 28.7. The summed E-state index contributed by atoms with van der Waals surface area (Å²) in [5.74, 6) is -1.41. The zero-order chi connectivity index (χ0) is 19.0. The number of H-pyrrole nitrogens is 1. The van der Waals surface area contributed by atoms with Crippen LogP contribution in [0.5, 0.6) is 0 Å². The molecule has 3 N–H and O–H groups in total. The topological polar surface area (TPSA) is 99.2 Å². The summed E-state index contributed by atoms with van der Waals surface area (Å²) in [6.07, 6.45) is 1.67. The highest BCUT2D eigenvalue weighted by Gasteiger charge is 2.36. The zero-order valence-corrected chi connectivity index (χ0v) is 14.4. The molecule has 2 atom stereocenters. The van der Waals surface area contributed by atoms with Crippen molar-refractivity contribution in [2.45, 2.75) is 13.0 Å². The van der Waals surface area contributed by atoms with Crippen LogP contribution in [0.15, 0.2) is 53.7 Å². The number of carbonyl (C=O) groups is 2. The van der Waals surface area contributed by atoms with Crippen LogP contribution >= 0.6 is 0 Å². The van der Waals surface area contributed by atoms with Crippen molar-refractivity contribution < 1.29 is 14.0 Å². The summed E-state index contributed by atoms with van der Waals surface area (Å²) in [6, 6.07) is 9.93. The predicted octanol–water partition coefficient (Wildman–Crippen LogP) is 3.18. The van der Waals surface area contributed by atoms with Gasteiger partial charge in [-0.15, -0.1) is 0 Å². The van der Waals surface area contributed by atoms with Crippen LogP contribution in [-0.2, 0) is 4.79 Å². The average Bonchev–Trinajstić information content (AvgIpc) is 3.09. The van der Waals surface area contributed by atoms with Gasteiger partial charge in [-0.3, -0.25) is 9.89 Å². The molecule has 0 saturated heterocycles. The molecule has 1 aromatic heterocycles. The van der Waals surface area contributed by atoms with Crippen molar-refractivity contribution in [1.29, 1.82) is 0 Å². The van der Waals surface area contributed by atoms with Crippen LogP contribution in [0.2, 0.25) is 0 Å². The van der Waals surface area contributed by atoms with Crippen LogP contribution < -0.4 is 10.6 Å². The van der Waals surface area contributed by atoms with Gasteiger partial charge in [0, 0.05) is 16.8 Å². The van der Waals surface area contributed by atoms with Gasteiger partial charge in [-0.05, 0) is 42.8 Å². The van der Waals surface area contributed by atoms with E-state index >= 15 is 0 Å². The fourth-order valence-corrected chi connectivity index (χ4v) is 3.25. The molecule has 0 aliphatic carbocycles. The number of fused-ring (bicyclic) bond motifs is 1. The predicted molar refractivity (Wildman–Crippen MR) is 99.0 cm³/mol.